The van der Waals surface area contributed by atoms with E-state index in [-0.39, 0.29) is 5.71 Å². The monoisotopic (exact) mass is 324 g/mol. The zero-order valence-electron chi connectivity index (χ0n) is 15.3. The SMILES string of the molecule is CCCCCCCCCCCCCCCCC(=[N+]=[N-])C(=O)OC. The van der Waals surface area contributed by atoms with Gasteiger partial charge in [0, 0.05) is 0 Å². The predicted octanol–water partition coefficient (Wildman–Crippen LogP) is 5.70. The van der Waals surface area contributed by atoms with Crippen molar-refractivity contribution in [3.8, 4) is 0 Å². The Morgan fingerprint density at radius 2 is 1.17 bits per heavy atom. The highest BCUT2D eigenvalue weighted by Crippen LogP contribution is 2.13. The van der Waals surface area contributed by atoms with Crippen LogP contribution in [0.3, 0.4) is 0 Å². The molecule has 0 bridgehead atoms. The van der Waals surface area contributed by atoms with E-state index in [1.54, 1.807) is 0 Å². The van der Waals surface area contributed by atoms with E-state index in [2.05, 4.69) is 16.5 Å². The van der Waals surface area contributed by atoms with Crippen molar-refractivity contribution < 1.29 is 14.3 Å². The molecule has 4 heteroatoms. The number of nitrogens with zero attached hydrogens (tertiary/aromatic N) is 2. The summed E-state index contributed by atoms with van der Waals surface area (Å²) in [6.45, 7) is 2.26. The van der Waals surface area contributed by atoms with Gasteiger partial charge >= 0.3 is 11.7 Å². The van der Waals surface area contributed by atoms with Gasteiger partial charge < -0.3 is 10.3 Å². The van der Waals surface area contributed by atoms with Crippen molar-refractivity contribution in [2.75, 3.05) is 7.11 Å². The minimum atomic E-state index is -0.526. The quantitative estimate of drug-likeness (QED) is 0.120. The largest absolute Gasteiger partial charge is 0.460 e. The number of esters is 1. The summed E-state index contributed by atoms with van der Waals surface area (Å²) in [7, 11) is 1.30. The third-order valence-corrected chi connectivity index (χ3v) is 4.31. The first-order valence-electron chi connectivity index (χ1n) is 9.55. The van der Waals surface area contributed by atoms with Gasteiger partial charge in [-0.05, 0) is 6.42 Å². The van der Waals surface area contributed by atoms with Crippen LogP contribution >= 0.6 is 0 Å². The highest BCUT2D eigenvalue weighted by Gasteiger charge is 2.19. The molecule has 134 valence electrons. The van der Waals surface area contributed by atoms with Crippen LogP contribution in [0.15, 0.2) is 0 Å². The molecule has 0 amide bonds. The van der Waals surface area contributed by atoms with Crippen LogP contribution in [0.1, 0.15) is 103 Å². The zero-order valence-corrected chi connectivity index (χ0v) is 15.3. The Kier molecular flexibility index (Phi) is 16.3. The van der Waals surface area contributed by atoms with Gasteiger partial charge in [-0.3, -0.25) is 0 Å². The molecule has 4 nitrogen and oxygen atoms in total. The van der Waals surface area contributed by atoms with Crippen LogP contribution < -0.4 is 0 Å². The standard InChI is InChI=1S/C19H36N2O2/c1-3-4-5-6-7-8-9-10-11-12-13-14-15-16-17-18(21-20)19(22)23-2/h3-17H2,1-2H3. The van der Waals surface area contributed by atoms with E-state index in [1.807, 2.05) is 0 Å². The first kappa shape index (κ1) is 21.9. The minimum absolute atomic E-state index is 0.131. The van der Waals surface area contributed by atoms with Crippen LogP contribution in [0.25, 0.3) is 5.53 Å². The Morgan fingerprint density at radius 1 is 0.783 bits per heavy atom. The molecular weight excluding hydrogens is 288 g/mol. The Balaban J connectivity index is 3.25. The van der Waals surface area contributed by atoms with Crippen molar-refractivity contribution in [2.45, 2.75) is 103 Å². The molecule has 0 atom stereocenters. The van der Waals surface area contributed by atoms with Gasteiger partial charge in [-0.25, -0.2) is 4.79 Å². The summed E-state index contributed by atoms with van der Waals surface area (Å²) in [5.74, 6) is -0.526. The number of unbranched alkanes of at least 4 members (excludes halogenated alkanes) is 13. The Hall–Kier alpha value is -1.15. The van der Waals surface area contributed by atoms with Crippen molar-refractivity contribution in [3.05, 3.63) is 5.53 Å². The molecule has 0 aromatic rings. The topological polar surface area (TPSA) is 62.7 Å². The maximum absolute atomic E-state index is 11.2. The van der Waals surface area contributed by atoms with E-state index in [0.717, 1.165) is 12.8 Å². The summed E-state index contributed by atoms with van der Waals surface area (Å²) in [6, 6.07) is 0. The van der Waals surface area contributed by atoms with Gasteiger partial charge in [0.15, 0.2) is 0 Å². The second kappa shape index (κ2) is 17.2. The van der Waals surface area contributed by atoms with Gasteiger partial charge in [0.05, 0.1) is 13.5 Å². The molecule has 0 spiro atoms. The van der Waals surface area contributed by atoms with Crippen LogP contribution in [-0.4, -0.2) is 23.6 Å². The second-order valence-corrected chi connectivity index (χ2v) is 6.38. The van der Waals surface area contributed by atoms with Gasteiger partial charge in [-0.1, -0.05) is 90.4 Å². The molecule has 0 N–H and O–H groups in total. The van der Waals surface area contributed by atoms with E-state index < -0.39 is 5.97 Å². The van der Waals surface area contributed by atoms with Gasteiger partial charge in [-0.15, -0.1) is 0 Å². The average Bonchev–Trinajstić information content (AvgIpc) is 2.58. The fraction of sp³-hybridized carbons (Fsp3) is 0.895. The van der Waals surface area contributed by atoms with Crippen LogP contribution in [0.4, 0.5) is 0 Å². The molecule has 0 heterocycles. The van der Waals surface area contributed by atoms with Crippen molar-refractivity contribution in [1.29, 1.82) is 0 Å². The van der Waals surface area contributed by atoms with Crippen molar-refractivity contribution in [1.82, 2.24) is 0 Å². The van der Waals surface area contributed by atoms with Crippen LogP contribution in [0.5, 0.6) is 0 Å². The Morgan fingerprint density at radius 3 is 1.52 bits per heavy atom. The van der Waals surface area contributed by atoms with E-state index in [4.69, 9.17) is 5.53 Å². The number of carbonyl (C=O) groups excluding carboxylic acids is 1. The summed E-state index contributed by atoms with van der Waals surface area (Å²) in [5, 5.41) is 0. The molecular formula is C19H36N2O2. The predicted molar refractivity (Wildman–Crippen MR) is 95.6 cm³/mol. The molecule has 0 radical (unpaired) electrons. The van der Waals surface area contributed by atoms with Crippen molar-refractivity contribution >= 4 is 11.7 Å². The molecule has 0 aromatic heterocycles. The first-order chi connectivity index (χ1) is 11.3. The molecule has 0 unspecified atom stereocenters. The zero-order chi connectivity index (χ0) is 17.2. The lowest BCUT2D eigenvalue weighted by Crippen LogP contribution is -2.16. The summed E-state index contributed by atoms with van der Waals surface area (Å²) in [4.78, 5) is 14.2. The first-order valence-corrected chi connectivity index (χ1v) is 9.55. The number of ether oxygens (including phenoxy) is 1. The fourth-order valence-corrected chi connectivity index (χ4v) is 2.80. The average molecular weight is 325 g/mol. The minimum Gasteiger partial charge on any atom is -0.460 e. The lowest BCUT2D eigenvalue weighted by Gasteiger charge is -2.02. The van der Waals surface area contributed by atoms with E-state index in [1.165, 1.54) is 84.2 Å². The molecule has 0 rings (SSSR count). The highest BCUT2D eigenvalue weighted by molar-refractivity contribution is 6.33. The number of rotatable bonds is 16. The van der Waals surface area contributed by atoms with Crippen LogP contribution in [0.2, 0.25) is 0 Å². The third kappa shape index (κ3) is 14.2. The molecule has 0 fully saturated rings. The molecule has 0 aliphatic carbocycles. The molecule has 0 saturated carbocycles. The number of hydrogen-bond acceptors (Lipinski definition) is 2. The lowest BCUT2D eigenvalue weighted by molar-refractivity contribution is -0.137. The van der Waals surface area contributed by atoms with Gasteiger partial charge in [0.2, 0.25) is 0 Å². The summed E-state index contributed by atoms with van der Waals surface area (Å²) in [5.41, 5.74) is 8.85. The van der Waals surface area contributed by atoms with Crippen molar-refractivity contribution in [3.63, 3.8) is 0 Å². The normalized spacial score (nSPS) is 10.3. The van der Waals surface area contributed by atoms with Crippen LogP contribution in [-0.2, 0) is 9.53 Å². The molecule has 0 saturated heterocycles. The summed E-state index contributed by atoms with van der Waals surface area (Å²) >= 11 is 0. The molecule has 0 aromatic carbocycles. The number of hydrogen-bond donors (Lipinski definition) is 0. The maximum atomic E-state index is 11.2. The Labute approximate surface area is 142 Å². The smallest absolute Gasteiger partial charge is 0.416 e. The van der Waals surface area contributed by atoms with Gasteiger partial charge in [0.25, 0.3) is 0 Å². The van der Waals surface area contributed by atoms with E-state index in [0.29, 0.717) is 6.42 Å². The van der Waals surface area contributed by atoms with Crippen LogP contribution in [0, 0.1) is 0 Å². The van der Waals surface area contributed by atoms with Crippen molar-refractivity contribution in [2.24, 2.45) is 0 Å². The number of carbonyl (C=O) groups is 1. The summed E-state index contributed by atoms with van der Waals surface area (Å²) < 4.78 is 4.54. The molecule has 23 heavy (non-hydrogen) atoms. The number of methoxy groups -OCH3 is 1. The third-order valence-electron chi connectivity index (χ3n) is 4.31. The van der Waals surface area contributed by atoms with E-state index in [9.17, 15) is 4.79 Å². The highest BCUT2D eigenvalue weighted by atomic mass is 16.5. The second-order valence-electron chi connectivity index (χ2n) is 6.38. The Bertz CT molecular complexity index is 336. The van der Waals surface area contributed by atoms with Gasteiger partial charge in [0.1, 0.15) is 0 Å². The molecule has 0 aliphatic rings. The molecule has 0 aliphatic heterocycles. The fourth-order valence-electron chi connectivity index (χ4n) is 2.80. The lowest BCUT2D eigenvalue weighted by atomic mass is 10.0. The summed E-state index contributed by atoms with van der Waals surface area (Å²) in [6.07, 6.45) is 18.7. The van der Waals surface area contributed by atoms with Gasteiger partial charge in [-0.2, -0.15) is 4.79 Å². The maximum Gasteiger partial charge on any atom is 0.416 e. The van der Waals surface area contributed by atoms with E-state index >= 15 is 0 Å².